The molecular weight excluding hydrogens is 300 g/mol. The zero-order chi connectivity index (χ0) is 14.9. The van der Waals surface area contributed by atoms with Crippen molar-refractivity contribution in [1.82, 2.24) is 19.7 Å². The molecule has 112 valence electrons. The van der Waals surface area contributed by atoms with E-state index in [1.54, 1.807) is 0 Å². The molecule has 3 aromatic heterocycles. The molecule has 2 fully saturated rings. The van der Waals surface area contributed by atoms with Gasteiger partial charge in [0.25, 0.3) is 0 Å². The van der Waals surface area contributed by atoms with Crippen molar-refractivity contribution in [2.45, 2.75) is 44.1 Å². The molecule has 0 bridgehead atoms. The van der Waals surface area contributed by atoms with Gasteiger partial charge in [-0.3, -0.25) is 0 Å². The predicted octanol–water partition coefficient (Wildman–Crippen LogP) is 4.13. The molecule has 22 heavy (non-hydrogen) atoms. The van der Waals surface area contributed by atoms with Crippen LogP contribution in [0.1, 0.15) is 44.3 Å². The van der Waals surface area contributed by atoms with Gasteiger partial charge in [-0.05, 0) is 32.6 Å². The minimum Gasteiger partial charge on any atom is -0.360 e. The Labute approximate surface area is 132 Å². The number of hydrogen-bond donors (Lipinski definition) is 0. The maximum absolute atomic E-state index is 6.35. The largest absolute Gasteiger partial charge is 0.360 e. The van der Waals surface area contributed by atoms with Crippen molar-refractivity contribution >= 4 is 22.6 Å². The van der Waals surface area contributed by atoms with Crippen molar-refractivity contribution in [1.29, 1.82) is 0 Å². The molecule has 5 rings (SSSR count). The Morgan fingerprint density at radius 1 is 1.32 bits per heavy atom. The zero-order valence-corrected chi connectivity index (χ0v) is 13.0. The monoisotopic (exact) mass is 314 g/mol. The van der Waals surface area contributed by atoms with Gasteiger partial charge in [0, 0.05) is 29.3 Å². The van der Waals surface area contributed by atoms with Crippen molar-refractivity contribution in [2.24, 2.45) is 0 Å². The Morgan fingerprint density at radius 3 is 2.86 bits per heavy atom. The van der Waals surface area contributed by atoms with E-state index in [4.69, 9.17) is 16.1 Å². The number of rotatable bonds is 3. The van der Waals surface area contributed by atoms with Gasteiger partial charge in [0.1, 0.15) is 28.6 Å². The molecule has 3 heterocycles. The van der Waals surface area contributed by atoms with Crippen molar-refractivity contribution in [2.75, 3.05) is 0 Å². The van der Waals surface area contributed by atoms with Gasteiger partial charge in [0.05, 0.1) is 5.39 Å². The number of nitrogens with zero attached hydrogens (tertiary/aromatic N) is 4. The molecule has 0 unspecified atom stereocenters. The minimum atomic E-state index is 0.136. The Balaban J connectivity index is 1.75. The normalized spacial score (nSPS) is 19.7. The van der Waals surface area contributed by atoms with Gasteiger partial charge in [-0.15, -0.1) is 0 Å². The molecule has 0 atom stereocenters. The first-order chi connectivity index (χ1) is 10.7. The van der Waals surface area contributed by atoms with E-state index in [1.165, 1.54) is 19.2 Å². The summed E-state index contributed by atoms with van der Waals surface area (Å²) in [5.41, 5.74) is 2.80. The summed E-state index contributed by atoms with van der Waals surface area (Å²) < 4.78 is 7.72. The highest BCUT2D eigenvalue weighted by atomic mass is 35.5. The molecule has 5 nitrogen and oxygen atoms in total. The standard InChI is InChI=1S/C16H15ClN4O/c1-16(4-5-16)21-7-10(13-14(17)18-8-19-15(13)21)11-6-12(22-20-11)9-2-3-9/h6-9H,2-5H2,1H3. The molecule has 0 N–H and O–H groups in total. The molecule has 0 amide bonds. The van der Waals surface area contributed by atoms with Crippen LogP contribution in [-0.2, 0) is 5.54 Å². The summed E-state index contributed by atoms with van der Waals surface area (Å²) in [7, 11) is 0. The van der Waals surface area contributed by atoms with E-state index in [1.807, 2.05) is 6.07 Å². The first-order valence-electron chi connectivity index (χ1n) is 7.65. The lowest BCUT2D eigenvalue weighted by Gasteiger charge is -2.11. The topological polar surface area (TPSA) is 56.7 Å². The summed E-state index contributed by atoms with van der Waals surface area (Å²) in [6.07, 6.45) is 8.33. The van der Waals surface area contributed by atoms with E-state index in [2.05, 4.69) is 32.8 Å². The molecule has 2 saturated carbocycles. The summed E-state index contributed by atoms with van der Waals surface area (Å²) in [4.78, 5) is 8.60. The summed E-state index contributed by atoms with van der Waals surface area (Å²) in [5.74, 6) is 1.52. The Kier molecular flexibility index (Phi) is 2.36. The Bertz CT molecular complexity index is 889. The third-order valence-electron chi connectivity index (χ3n) is 4.88. The molecule has 3 aromatic rings. The molecule has 0 spiro atoms. The lowest BCUT2D eigenvalue weighted by Crippen LogP contribution is -2.11. The second kappa shape index (κ2) is 4.10. The van der Waals surface area contributed by atoms with Crippen LogP contribution in [0.4, 0.5) is 0 Å². The molecule has 0 saturated heterocycles. The third kappa shape index (κ3) is 1.75. The van der Waals surface area contributed by atoms with Gasteiger partial charge >= 0.3 is 0 Å². The van der Waals surface area contributed by atoms with Gasteiger partial charge in [-0.2, -0.15) is 0 Å². The maximum atomic E-state index is 6.35. The second-order valence-corrected chi connectivity index (χ2v) is 7.02. The van der Waals surface area contributed by atoms with Crippen LogP contribution in [0.25, 0.3) is 22.3 Å². The molecule has 0 aromatic carbocycles. The number of fused-ring (bicyclic) bond motifs is 1. The SMILES string of the molecule is CC1(n2cc(-c3cc(C4CC4)on3)c3c(Cl)ncnc32)CC1. The highest BCUT2D eigenvalue weighted by Crippen LogP contribution is 2.47. The van der Waals surface area contributed by atoms with Gasteiger partial charge in [0.2, 0.25) is 0 Å². The molecule has 2 aliphatic rings. The highest BCUT2D eigenvalue weighted by Gasteiger charge is 2.41. The van der Waals surface area contributed by atoms with E-state index in [9.17, 15) is 0 Å². The van der Waals surface area contributed by atoms with Crippen molar-refractivity contribution in [3.05, 3.63) is 29.5 Å². The van der Waals surface area contributed by atoms with Crippen LogP contribution in [-0.4, -0.2) is 19.7 Å². The fraction of sp³-hybridized carbons (Fsp3) is 0.438. The van der Waals surface area contributed by atoms with Crippen LogP contribution >= 0.6 is 11.6 Å². The summed E-state index contributed by atoms with van der Waals surface area (Å²) >= 11 is 6.35. The first-order valence-corrected chi connectivity index (χ1v) is 8.02. The van der Waals surface area contributed by atoms with E-state index >= 15 is 0 Å². The maximum Gasteiger partial charge on any atom is 0.146 e. The van der Waals surface area contributed by atoms with E-state index in [0.29, 0.717) is 11.1 Å². The predicted molar refractivity (Wildman–Crippen MR) is 82.9 cm³/mol. The number of halogens is 1. The second-order valence-electron chi connectivity index (χ2n) is 6.66. The Hall–Kier alpha value is -1.88. The highest BCUT2D eigenvalue weighted by molar-refractivity contribution is 6.35. The number of hydrogen-bond acceptors (Lipinski definition) is 4. The average Bonchev–Trinajstić information content (AvgIpc) is 3.39. The number of aromatic nitrogens is 4. The molecular formula is C16H15ClN4O. The first kappa shape index (κ1) is 12.6. The fourth-order valence-corrected chi connectivity index (χ4v) is 3.26. The van der Waals surface area contributed by atoms with Crippen molar-refractivity contribution < 1.29 is 4.52 Å². The van der Waals surface area contributed by atoms with Gasteiger partial charge in [-0.1, -0.05) is 16.8 Å². The minimum absolute atomic E-state index is 0.136. The summed E-state index contributed by atoms with van der Waals surface area (Å²) in [6.45, 7) is 2.24. The zero-order valence-electron chi connectivity index (χ0n) is 12.2. The molecule has 2 aliphatic carbocycles. The third-order valence-corrected chi connectivity index (χ3v) is 5.16. The fourth-order valence-electron chi connectivity index (χ4n) is 3.03. The molecule has 0 radical (unpaired) electrons. The average molecular weight is 315 g/mol. The van der Waals surface area contributed by atoms with E-state index in [-0.39, 0.29) is 5.54 Å². The van der Waals surface area contributed by atoms with Crippen LogP contribution in [0.3, 0.4) is 0 Å². The van der Waals surface area contributed by atoms with Crippen LogP contribution in [0.15, 0.2) is 23.1 Å². The van der Waals surface area contributed by atoms with Crippen molar-refractivity contribution in [3.63, 3.8) is 0 Å². The lowest BCUT2D eigenvalue weighted by atomic mass is 10.1. The smallest absolute Gasteiger partial charge is 0.146 e. The van der Waals surface area contributed by atoms with E-state index in [0.717, 1.165) is 40.9 Å². The summed E-state index contributed by atoms with van der Waals surface area (Å²) in [5, 5.41) is 5.59. The van der Waals surface area contributed by atoms with Gasteiger partial charge in [-0.25, -0.2) is 9.97 Å². The Morgan fingerprint density at radius 2 is 2.14 bits per heavy atom. The molecule has 6 heteroatoms. The van der Waals surface area contributed by atoms with Crippen LogP contribution < -0.4 is 0 Å². The quantitative estimate of drug-likeness (QED) is 0.682. The van der Waals surface area contributed by atoms with Crippen LogP contribution in [0.5, 0.6) is 0 Å². The van der Waals surface area contributed by atoms with Gasteiger partial charge in [0.15, 0.2) is 0 Å². The van der Waals surface area contributed by atoms with Crippen molar-refractivity contribution in [3.8, 4) is 11.3 Å². The van der Waals surface area contributed by atoms with Crippen LogP contribution in [0.2, 0.25) is 5.15 Å². The van der Waals surface area contributed by atoms with Gasteiger partial charge < -0.3 is 9.09 Å². The summed E-state index contributed by atoms with van der Waals surface area (Å²) in [6, 6.07) is 2.04. The van der Waals surface area contributed by atoms with Crippen LogP contribution in [0, 0.1) is 0 Å². The van der Waals surface area contributed by atoms with E-state index < -0.39 is 0 Å². The lowest BCUT2D eigenvalue weighted by molar-refractivity contribution is 0.386. The molecule has 0 aliphatic heterocycles.